The molecule has 0 saturated carbocycles. The topological polar surface area (TPSA) is 32.3 Å². The van der Waals surface area contributed by atoms with E-state index in [-0.39, 0.29) is 6.61 Å². The highest BCUT2D eigenvalue weighted by Crippen LogP contribution is 2.18. The van der Waals surface area contributed by atoms with Crippen LogP contribution in [0.5, 0.6) is 0 Å². The minimum absolute atomic E-state index is 0.240. The van der Waals surface area contributed by atoms with Crippen molar-refractivity contribution in [2.45, 2.75) is 25.8 Å². The van der Waals surface area contributed by atoms with Crippen LogP contribution in [0.4, 0.5) is 0 Å². The van der Waals surface area contributed by atoms with Crippen molar-refractivity contribution in [3.63, 3.8) is 0 Å². The molecule has 0 aliphatic rings. The number of hydrogen-bond acceptors (Lipinski definition) is 2. The third-order valence-electron chi connectivity index (χ3n) is 2.41. The maximum absolute atomic E-state index is 8.70. The summed E-state index contributed by atoms with van der Waals surface area (Å²) in [5.74, 6) is 0. The van der Waals surface area contributed by atoms with Crippen LogP contribution in [0.15, 0.2) is 24.3 Å². The molecule has 0 radical (unpaired) electrons. The first-order valence-electron chi connectivity index (χ1n) is 5.37. The Morgan fingerprint density at radius 3 is 2.53 bits per heavy atom. The van der Waals surface area contributed by atoms with E-state index < -0.39 is 0 Å². The van der Waals surface area contributed by atoms with Gasteiger partial charge in [-0.2, -0.15) is 0 Å². The van der Waals surface area contributed by atoms with Crippen molar-refractivity contribution >= 4 is 11.6 Å². The second kappa shape index (κ2) is 6.83. The standard InChI is InChI=1S/C12H18ClNO/c1-2-12(14-8-3-9-15)10-4-6-11(13)7-5-10/h4-7,12,14-15H,2-3,8-9H2,1H3/t12-/m0/s1. The van der Waals surface area contributed by atoms with Crippen LogP contribution in [-0.2, 0) is 0 Å². The normalized spacial score (nSPS) is 12.7. The highest BCUT2D eigenvalue weighted by Gasteiger charge is 2.07. The molecule has 15 heavy (non-hydrogen) atoms. The lowest BCUT2D eigenvalue weighted by Crippen LogP contribution is -2.22. The molecule has 1 rings (SSSR count). The molecule has 1 aromatic carbocycles. The molecule has 1 aromatic rings. The second-order valence-electron chi connectivity index (χ2n) is 3.54. The number of aliphatic hydroxyl groups excluding tert-OH is 1. The molecule has 1 atom stereocenters. The van der Waals surface area contributed by atoms with Crippen molar-refractivity contribution in [1.29, 1.82) is 0 Å². The van der Waals surface area contributed by atoms with Gasteiger partial charge in [-0.25, -0.2) is 0 Å². The highest BCUT2D eigenvalue weighted by molar-refractivity contribution is 6.30. The lowest BCUT2D eigenvalue weighted by molar-refractivity contribution is 0.283. The van der Waals surface area contributed by atoms with Crippen LogP contribution >= 0.6 is 11.6 Å². The third kappa shape index (κ3) is 4.20. The minimum Gasteiger partial charge on any atom is -0.396 e. The van der Waals surface area contributed by atoms with E-state index >= 15 is 0 Å². The molecule has 0 amide bonds. The fraction of sp³-hybridized carbons (Fsp3) is 0.500. The van der Waals surface area contributed by atoms with Crippen LogP contribution < -0.4 is 5.32 Å². The number of hydrogen-bond donors (Lipinski definition) is 2. The summed E-state index contributed by atoms with van der Waals surface area (Å²) in [7, 11) is 0. The van der Waals surface area contributed by atoms with Gasteiger partial charge in [0, 0.05) is 17.7 Å². The molecule has 0 aliphatic heterocycles. The van der Waals surface area contributed by atoms with Crippen molar-refractivity contribution in [3.8, 4) is 0 Å². The van der Waals surface area contributed by atoms with Gasteiger partial charge in [0.15, 0.2) is 0 Å². The molecule has 0 saturated heterocycles. The second-order valence-corrected chi connectivity index (χ2v) is 3.98. The molecular formula is C12H18ClNO. The number of nitrogens with one attached hydrogen (secondary N) is 1. The Labute approximate surface area is 96.3 Å². The highest BCUT2D eigenvalue weighted by atomic mass is 35.5. The van der Waals surface area contributed by atoms with E-state index in [9.17, 15) is 0 Å². The van der Waals surface area contributed by atoms with Gasteiger partial charge in [0.05, 0.1) is 0 Å². The predicted molar refractivity (Wildman–Crippen MR) is 64.2 cm³/mol. The van der Waals surface area contributed by atoms with Gasteiger partial charge in [0.25, 0.3) is 0 Å². The summed E-state index contributed by atoms with van der Waals surface area (Å²) >= 11 is 5.83. The molecule has 0 unspecified atom stereocenters. The summed E-state index contributed by atoms with van der Waals surface area (Å²) in [4.78, 5) is 0. The van der Waals surface area contributed by atoms with Gasteiger partial charge in [0.2, 0.25) is 0 Å². The van der Waals surface area contributed by atoms with E-state index in [1.165, 1.54) is 5.56 Å². The average molecular weight is 228 g/mol. The number of rotatable bonds is 6. The van der Waals surface area contributed by atoms with Gasteiger partial charge in [0.1, 0.15) is 0 Å². The quantitative estimate of drug-likeness (QED) is 0.733. The van der Waals surface area contributed by atoms with Crippen molar-refractivity contribution in [2.24, 2.45) is 0 Å². The molecular weight excluding hydrogens is 210 g/mol. The molecule has 2 N–H and O–H groups in total. The Hall–Kier alpha value is -0.570. The lowest BCUT2D eigenvalue weighted by Gasteiger charge is -2.17. The fourth-order valence-corrected chi connectivity index (χ4v) is 1.67. The molecule has 0 fully saturated rings. The zero-order chi connectivity index (χ0) is 11.1. The predicted octanol–water partition coefficient (Wildman–Crippen LogP) is 2.76. The first kappa shape index (κ1) is 12.5. The van der Waals surface area contributed by atoms with Gasteiger partial charge >= 0.3 is 0 Å². The van der Waals surface area contributed by atoms with E-state index in [4.69, 9.17) is 16.7 Å². The van der Waals surface area contributed by atoms with E-state index in [2.05, 4.69) is 12.2 Å². The summed E-state index contributed by atoms with van der Waals surface area (Å²) in [5.41, 5.74) is 1.25. The van der Waals surface area contributed by atoms with E-state index in [1.54, 1.807) is 0 Å². The van der Waals surface area contributed by atoms with Crippen LogP contribution in [0.25, 0.3) is 0 Å². The Morgan fingerprint density at radius 2 is 2.00 bits per heavy atom. The molecule has 84 valence electrons. The summed E-state index contributed by atoms with van der Waals surface area (Å²) in [6.45, 7) is 3.23. The Balaban J connectivity index is 2.53. The number of halogens is 1. The summed E-state index contributed by atoms with van der Waals surface area (Å²) in [6.07, 6.45) is 1.83. The minimum atomic E-state index is 0.240. The maximum Gasteiger partial charge on any atom is 0.0443 e. The average Bonchev–Trinajstić information content (AvgIpc) is 2.26. The molecule has 0 aliphatic carbocycles. The van der Waals surface area contributed by atoms with Crippen LogP contribution in [0.1, 0.15) is 31.4 Å². The Morgan fingerprint density at radius 1 is 1.33 bits per heavy atom. The molecule has 0 bridgehead atoms. The first-order valence-corrected chi connectivity index (χ1v) is 5.75. The van der Waals surface area contributed by atoms with Gasteiger partial charge in [-0.05, 0) is 37.1 Å². The lowest BCUT2D eigenvalue weighted by atomic mass is 10.0. The van der Waals surface area contributed by atoms with Crippen molar-refractivity contribution in [1.82, 2.24) is 5.32 Å². The van der Waals surface area contributed by atoms with E-state index in [0.29, 0.717) is 6.04 Å². The zero-order valence-electron chi connectivity index (χ0n) is 9.04. The number of aliphatic hydroxyl groups is 1. The number of benzene rings is 1. The molecule has 0 heterocycles. The van der Waals surface area contributed by atoms with Gasteiger partial charge in [-0.15, -0.1) is 0 Å². The summed E-state index contributed by atoms with van der Waals surface area (Å²) < 4.78 is 0. The third-order valence-corrected chi connectivity index (χ3v) is 2.66. The largest absolute Gasteiger partial charge is 0.396 e. The van der Waals surface area contributed by atoms with Crippen LogP contribution in [0.2, 0.25) is 5.02 Å². The monoisotopic (exact) mass is 227 g/mol. The van der Waals surface area contributed by atoms with E-state index in [1.807, 2.05) is 24.3 Å². The zero-order valence-corrected chi connectivity index (χ0v) is 9.80. The smallest absolute Gasteiger partial charge is 0.0443 e. The van der Waals surface area contributed by atoms with Gasteiger partial charge in [-0.1, -0.05) is 30.7 Å². The van der Waals surface area contributed by atoms with Crippen molar-refractivity contribution < 1.29 is 5.11 Å². The molecule has 2 nitrogen and oxygen atoms in total. The summed E-state index contributed by atoms with van der Waals surface area (Å²) in [6, 6.07) is 8.26. The van der Waals surface area contributed by atoms with Crippen LogP contribution in [0.3, 0.4) is 0 Å². The molecule has 3 heteroatoms. The van der Waals surface area contributed by atoms with Crippen molar-refractivity contribution in [3.05, 3.63) is 34.9 Å². The maximum atomic E-state index is 8.70. The fourth-order valence-electron chi connectivity index (χ4n) is 1.55. The van der Waals surface area contributed by atoms with Crippen molar-refractivity contribution in [2.75, 3.05) is 13.2 Å². The SMILES string of the molecule is CC[C@H](NCCCO)c1ccc(Cl)cc1. The Kier molecular flexibility index (Phi) is 5.69. The van der Waals surface area contributed by atoms with Gasteiger partial charge < -0.3 is 10.4 Å². The Bertz CT molecular complexity index is 273. The molecule has 0 spiro atoms. The first-order chi connectivity index (χ1) is 7.27. The van der Waals surface area contributed by atoms with Crippen LogP contribution in [-0.4, -0.2) is 18.3 Å². The van der Waals surface area contributed by atoms with E-state index in [0.717, 1.165) is 24.4 Å². The van der Waals surface area contributed by atoms with Gasteiger partial charge in [-0.3, -0.25) is 0 Å². The van der Waals surface area contributed by atoms with Crippen LogP contribution in [0, 0.1) is 0 Å². The molecule has 0 aromatic heterocycles. The summed E-state index contributed by atoms with van der Waals surface area (Å²) in [5, 5.41) is 12.9.